The number of hydrogen-bond acceptors (Lipinski definition) is 3. The van der Waals surface area contributed by atoms with Gasteiger partial charge < -0.3 is 0 Å². The van der Waals surface area contributed by atoms with Crippen molar-refractivity contribution in [2.75, 3.05) is 0 Å². The maximum absolute atomic E-state index is 11.8. The van der Waals surface area contributed by atoms with Crippen LogP contribution in [0.2, 0.25) is 0 Å². The summed E-state index contributed by atoms with van der Waals surface area (Å²) >= 11 is 0. The lowest BCUT2D eigenvalue weighted by molar-refractivity contribution is 0.572. The van der Waals surface area contributed by atoms with Gasteiger partial charge in [-0.25, -0.2) is 13.1 Å². The first-order valence-corrected chi connectivity index (χ1v) is 7.92. The fourth-order valence-electron chi connectivity index (χ4n) is 1.68. The van der Waals surface area contributed by atoms with Crippen LogP contribution in [0.5, 0.6) is 0 Å². The van der Waals surface area contributed by atoms with Gasteiger partial charge in [0.15, 0.2) is 5.25 Å². The summed E-state index contributed by atoms with van der Waals surface area (Å²) in [6, 6.07) is 9.61. The minimum atomic E-state index is -3.56. The average molecular weight is 280 g/mol. The fourth-order valence-corrected chi connectivity index (χ4v) is 2.83. The third kappa shape index (κ3) is 4.34. The van der Waals surface area contributed by atoms with E-state index >= 15 is 0 Å². The minimum absolute atomic E-state index is 0.221. The van der Waals surface area contributed by atoms with Crippen molar-refractivity contribution in [2.45, 2.75) is 44.9 Å². The zero-order valence-corrected chi connectivity index (χ0v) is 12.4. The lowest BCUT2D eigenvalue weighted by Gasteiger charge is -2.11. The van der Waals surface area contributed by atoms with E-state index in [2.05, 4.69) is 18.6 Å². The first kappa shape index (κ1) is 15.7. The van der Waals surface area contributed by atoms with Crippen LogP contribution in [0.15, 0.2) is 24.3 Å². The summed E-state index contributed by atoms with van der Waals surface area (Å²) in [5.41, 5.74) is 2.11. The van der Waals surface area contributed by atoms with Crippen LogP contribution >= 0.6 is 0 Å². The summed E-state index contributed by atoms with van der Waals surface area (Å²) in [4.78, 5) is 0. The predicted octanol–water partition coefficient (Wildman–Crippen LogP) is 2.53. The molecule has 0 bridgehead atoms. The summed E-state index contributed by atoms with van der Waals surface area (Å²) in [5, 5.41) is 7.80. The van der Waals surface area contributed by atoms with Gasteiger partial charge in [-0.3, -0.25) is 0 Å². The Bertz CT molecular complexity index is 542. The highest BCUT2D eigenvalue weighted by molar-refractivity contribution is 7.90. The second-order valence-electron chi connectivity index (χ2n) is 4.79. The van der Waals surface area contributed by atoms with Crippen molar-refractivity contribution in [3.8, 4) is 6.07 Å². The largest absolute Gasteiger partial charge is 0.228 e. The molecule has 0 aromatic heterocycles. The van der Waals surface area contributed by atoms with Crippen molar-refractivity contribution in [3.63, 3.8) is 0 Å². The molecule has 104 valence electrons. The van der Waals surface area contributed by atoms with Crippen molar-refractivity contribution in [1.82, 2.24) is 4.72 Å². The molecule has 1 atom stereocenters. The molecule has 0 spiro atoms. The first-order valence-electron chi connectivity index (χ1n) is 6.37. The van der Waals surface area contributed by atoms with Gasteiger partial charge in [-0.2, -0.15) is 5.26 Å². The van der Waals surface area contributed by atoms with Crippen molar-refractivity contribution >= 4 is 10.0 Å². The van der Waals surface area contributed by atoms with E-state index in [0.29, 0.717) is 5.92 Å². The van der Waals surface area contributed by atoms with Gasteiger partial charge in [-0.1, -0.05) is 45.0 Å². The summed E-state index contributed by atoms with van der Waals surface area (Å²) < 4.78 is 26.1. The topological polar surface area (TPSA) is 70.0 Å². The molecular formula is C14H20N2O2S. The summed E-state index contributed by atoms with van der Waals surface area (Å²) in [6.45, 7) is 6.12. The van der Waals surface area contributed by atoms with E-state index in [1.165, 1.54) is 5.56 Å². The van der Waals surface area contributed by atoms with Crippen molar-refractivity contribution < 1.29 is 8.42 Å². The Kier molecular flexibility index (Phi) is 5.52. The van der Waals surface area contributed by atoms with E-state index in [9.17, 15) is 8.42 Å². The molecule has 0 saturated carbocycles. The van der Waals surface area contributed by atoms with E-state index in [-0.39, 0.29) is 13.0 Å². The molecule has 0 amide bonds. The Morgan fingerprint density at radius 3 is 2.26 bits per heavy atom. The number of benzene rings is 1. The van der Waals surface area contributed by atoms with Crippen LogP contribution in [-0.4, -0.2) is 13.7 Å². The van der Waals surface area contributed by atoms with Gasteiger partial charge in [-0.05, 0) is 23.5 Å². The zero-order chi connectivity index (χ0) is 14.5. The van der Waals surface area contributed by atoms with Crippen LogP contribution in [0, 0.1) is 11.3 Å². The lowest BCUT2D eigenvalue weighted by atomic mass is 10.0. The van der Waals surface area contributed by atoms with Crippen molar-refractivity contribution in [2.24, 2.45) is 0 Å². The second-order valence-corrected chi connectivity index (χ2v) is 6.74. The molecule has 1 aromatic carbocycles. The molecule has 0 saturated heterocycles. The maximum Gasteiger partial charge on any atom is 0.228 e. The molecule has 0 fully saturated rings. The fraction of sp³-hybridized carbons (Fsp3) is 0.500. The van der Waals surface area contributed by atoms with Gasteiger partial charge in [-0.15, -0.1) is 0 Å². The molecule has 0 aliphatic rings. The molecule has 1 rings (SSSR count). The molecule has 0 radical (unpaired) electrons. The van der Waals surface area contributed by atoms with Crippen LogP contribution in [-0.2, 0) is 16.6 Å². The molecule has 19 heavy (non-hydrogen) atoms. The monoisotopic (exact) mass is 280 g/mol. The minimum Gasteiger partial charge on any atom is -0.211 e. The molecule has 1 N–H and O–H groups in total. The second kappa shape index (κ2) is 6.69. The molecule has 4 nitrogen and oxygen atoms in total. The predicted molar refractivity (Wildman–Crippen MR) is 76.0 cm³/mol. The molecule has 0 aliphatic heterocycles. The highest BCUT2D eigenvalue weighted by atomic mass is 32.2. The van der Waals surface area contributed by atoms with E-state index in [0.717, 1.165) is 5.56 Å². The van der Waals surface area contributed by atoms with E-state index in [4.69, 9.17) is 5.26 Å². The van der Waals surface area contributed by atoms with E-state index < -0.39 is 15.3 Å². The molecule has 0 aliphatic carbocycles. The number of nitrogens with zero attached hydrogens (tertiary/aromatic N) is 1. The van der Waals surface area contributed by atoms with Gasteiger partial charge in [0.05, 0.1) is 6.07 Å². The van der Waals surface area contributed by atoms with Gasteiger partial charge in [0.1, 0.15) is 0 Å². The highest BCUT2D eigenvalue weighted by Gasteiger charge is 2.22. The number of nitrogens with one attached hydrogen (secondary N) is 1. The third-order valence-electron chi connectivity index (χ3n) is 3.01. The Hall–Kier alpha value is -1.38. The van der Waals surface area contributed by atoms with Crippen molar-refractivity contribution in [3.05, 3.63) is 35.4 Å². The van der Waals surface area contributed by atoms with E-state index in [1.54, 1.807) is 13.0 Å². The standard InChI is InChI=1S/C14H20N2O2S/c1-4-14(9-15)19(17,18)16-10-12-5-7-13(8-6-12)11(2)3/h5-8,11,14,16H,4,10H2,1-3H3. The lowest BCUT2D eigenvalue weighted by Crippen LogP contribution is -2.32. The van der Waals surface area contributed by atoms with Crippen LogP contribution in [0.1, 0.15) is 44.2 Å². The summed E-state index contributed by atoms with van der Waals surface area (Å²) in [6.07, 6.45) is 0.290. The zero-order valence-electron chi connectivity index (χ0n) is 11.6. The molecule has 0 heterocycles. The van der Waals surface area contributed by atoms with Crippen LogP contribution in [0.4, 0.5) is 0 Å². The van der Waals surface area contributed by atoms with Gasteiger partial charge in [0.25, 0.3) is 0 Å². The van der Waals surface area contributed by atoms with Gasteiger partial charge >= 0.3 is 0 Å². The summed E-state index contributed by atoms with van der Waals surface area (Å²) in [5.74, 6) is 0.453. The number of sulfonamides is 1. The normalized spacial score (nSPS) is 13.2. The van der Waals surface area contributed by atoms with Crippen LogP contribution in [0.3, 0.4) is 0 Å². The maximum atomic E-state index is 11.8. The number of nitriles is 1. The van der Waals surface area contributed by atoms with Crippen LogP contribution in [0.25, 0.3) is 0 Å². The third-order valence-corrected chi connectivity index (χ3v) is 4.75. The molecule has 5 heteroatoms. The SMILES string of the molecule is CCC(C#N)S(=O)(=O)NCc1ccc(C(C)C)cc1. The Labute approximate surface area is 115 Å². The Balaban J connectivity index is 2.70. The van der Waals surface area contributed by atoms with Gasteiger partial charge in [0.2, 0.25) is 10.0 Å². The van der Waals surface area contributed by atoms with Gasteiger partial charge in [0, 0.05) is 6.54 Å². The quantitative estimate of drug-likeness (QED) is 0.870. The Morgan fingerprint density at radius 1 is 1.26 bits per heavy atom. The van der Waals surface area contributed by atoms with Crippen molar-refractivity contribution in [1.29, 1.82) is 5.26 Å². The smallest absolute Gasteiger partial charge is 0.211 e. The number of hydrogen-bond donors (Lipinski definition) is 1. The van der Waals surface area contributed by atoms with E-state index in [1.807, 2.05) is 24.3 Å². The van der Waals surface area contributed by atoms with Crippen LogP contribution < -0.4 is 4.72 Å². The first-order chi connectivity index (χ1) is 8.90. The molecule has 1 aromatic rings. The Morgan fingerprint density at radius 2 is 1.84 bits per heavy atom. The molecular weight excluding hydrogens is 260 g/mol. The number of rotatable bonds is 6. The highest BCUT2D eigenvalue weighted by Crippen LogP contribution is 2.15. The average Bonchev–Trinajstić information content (AvgIpc) is 2.38. The molecule has 1 unspecified atom stereocenters. The summed E-state index contributed by atoms with van der Waals surface area (Å²) in [7, 11) is -3.56.